The second kappa shape index (κ2) is 4.76. The summed E-state index contributed by atoms with van der Waals surface area (Å²) in [5, 5.41) is 0. The first-order valence-corrected chi connectivity index (χ1v) is 7.56. The minimum Gasteiger partial charge on any atom is -0.358 e. The normalized spacial score (nSPS) is 33.3. The predicted molar refractivity (Wildman–Crippen MR) is 76.6 cm³/mol. The summed E-state index contributed by atoms with van der Waals surface area (Å²) in [6, 6.07) is 0.313. The number of amides is 1. The number of nitrogens with zero attached hydrogens (tertiary/aromatic N) is 1. The summed E-state index contributed by atoms with van der Waals surface area (Å²) < 4.78 is 5.95. The Hall–Kier alpha value is -0.570. The van der Waals surface area contributed by atoms with E-state index < -0.39 is 0 Å². The molecule has 3 heteroatoms. The second-order valence-electron chi connectivity index (χ2n) is 8.24. The zero-order valence-corrected chi connectivity index (χ0v) is 13.3. The molecule has 0 radical (unpaired) electrons. The Morgan fingerprint density at radius 3 is 2.16 bits per heavy atom. The third-order valence-electron chi connectivity index (χ3n) is 4.65. The molecule has 2 aliphatic rings. The van der Waals surface area contributed by atoms with E-state index in [1.807, 2.05) is 0 Å². The molecule has 0 N–H and O–H groups in total. The minimum atomic E-state index is 0.0142. The van der Waals surface area contributed by atoms with Crippen molar-refractivity contribution < 1.29 is 9.53 Å². The van der Waals surface area contributed by atoms with Crippen molar-refractivity contribution in [3.63, 3.8) is 0 Å². The van der Waals surface area contributed by atoms with E-state index in [0.29, 0.717) is 18.6 Å². The maximum Gasteiger partial charge on any atom is 0.228 e. The van der Waals surface area contributed by atoms with E-state index >= 15 is 0 Å². The molecule has 0 spiro atoms. The van der Waals surface area contributed by atoms with Crippen LogP contribution in [0.2, 0.25) is 0 Å². The van der Waals surface area contributed by atoms with Crippen molar-refractivity contribution in [2.75, 3.05) is 6.61 Å². The number of fused-ring (bicyclic) bond motifs is 1. The van der Waals surface area contributed by atoms with Crippen LogP contribution >= 0.6 is 0 Å². The van der Waals surface area contributed by atoms with Gasteiger partial charge in [0.25, 0.3) is 0 Å². The number of carbonyl (C=O) groups is 1. The zero-order valence-electron chi connectivity index (χ0n) is 13.3. The molecule has 1 amide bonds. The SMILES string of the molecule is CC(C)(C)C1CCOC2CCC(C(C)(C)C)N2C1=O. The van der Waals surface area contributed by atoms with E-state index in [1.165, 1.54) is 0 Å². The van der Waals surface area contributed by atoms with Gasteiger partial charge in [-0.15, -0.1) is 0 Å². The third kappa shape index (κ3) is 2.81. The molecule has 2 heterocycles. The molecule has 0 saturated carbocycles. The number of ether oxygens (including phenoxy) is 1. The largest absolute Gasteiger partial charge is 0.358 e. The Kier molecular flexibility index (Phi) is 3.72. The average molecular weight is 267 g/mol. The lowest BCUT2D eigenvalue weighted by atomic mass is 9.77. The van der Waals surface area contributed by atoms with E-state index in [0.717, 1.165) is 19.3 Å². The highest BCUT2D eigenvalue weighted by molar-refractivity contribution is 5.80. The maximum atomic E-state index is 13.0. The molecule has 3 atom stereocenters. The number of hydrogen-bond acceptors (Lipinski definition) is 2. The minimum absolute atomic E-state index is 0.0142. The molecule has 0 aromatic heterocycles. The van der Waals surface area contributed by atoms with Gasteiger partial charge in [-0.05, 0) is 30.1 Å². The van der Waals surface area contributed by atoms with E-state index in [-0.39, 0.29) is 23.0 Å². The summed E-state index contributed by atoms with van der Waals surface area (Å²) in [6.07, 6.45) is 2.93. The van der Waals surface area contributed by atoms with Crippen molar-refractivity contribution in [2.24, 2.45) is 16.7 Å². The Balaban J connectivity index is 2.29. The van der Waals surface area contributed by atoms with Crippen LogP contribution in [-0.2, 0) is 9.53 Å². The van der Waals surface area contributed by atoms with Crippen molar-refractivity contribution in [1.29, 1.82) is 0 Å². The molecule has 0 aromatic rings. The van der Waals surface area contributed by atoms with Crippen LogP contribution in [-0.4, -0.2) is 29.7 Å². The van der Waals surface area contributed by atoms with Gasteiger partial charge in [-0.1, -0.05) is 41.5 Å². The van der Waals surface area contributed by atoms with Crippen molar-refractivity contribution in [3.05, 3.63) is 0 Å². The van der Waals surface area contributed by atoms with Crippen LogP contribution in [0.5, 0.6) is 0 Å². The van der Waals surface area contributed by atoms with Gasteiger partial charge in [-0.25, -0.2) is 0 Å². The topological polar surface area (TPSA) is 29.5 Å². The third-order valence-corrected chi connectivity index (χ3v) is 4.65. The molecular weight excluding hydrogens is 238 g/mol. The van der Waals surface area contributed by atoms with Gasteiger partial charge in [0.05, 0.1) is 0 Å². The van der Waals surface area contributed by atoms with Crippen molar-refractivity contribution in [2.45, 2.75) is 73.1 Å². The number of hydrogen-bond donors (Lipinski definition) is 0. The molecule has 0 bridgehead atoms. The van der Waals surface area contributed by atoms with Gasteiger partial charge in [-0.2, -0.15) is 0 Å². The molecule has 2 saturated heterocycles. The summed E-state index contributed by atoms with van der Waals surface area (Å²) in [6.45, 7) is 13.9. The van der Waals surface area contributed by atoms with Crippen LogP contribution in [0.1, 0.15) is 60.8 Å². The first kappa shape index (κ1) is 14.8. The highest BCUT2D eigenvalue weighted by atomic mass is 16.5. The van der Waals surface area contributed by atoms with Crippen molar-refractivity contribution in [1.82, 2.24) is 4.90 Å². The Morgan fingerprint density at radius 1 is 1.00 bits per heavy atom. The van der Waals surface area contributed by atoms with Gasteiger partial charge in [0.15, 0.2) is 0 Å². The maximum absolute atomic E-state index is 13.0. The van der Waals surface area contributed by atoms with Gasteiger partial charge >= 0.3 is 0 Å². The summed E-state index contributed by atoms with van der Waals surface area (Å²) in [5.41, 5.74) is 0.140. The molecule has 2 rings (SSSR count). The first-order valence-electron chi connectivity index (χ1n) is 7.56. The summed E-state index contributed by atoms with van der Waals surface area (Å²) in [5.74, 6) is 0.396. The predicted octanol–water partition coefficient (Wildman–Crippen LogP) is 3.43. The summed E-state index contributed by atoms with van der Waals surface area (Å²) in [4.78, 5) is 15.0. The molecule has 2 aliphatic heterocycles. The second-order valence-corrected chi connectivity index (χ2v) is 8.24. The summed E-state index contributed by atoms with van der Waals surface area (Å²) in [7, 11) is 0. The number of rotatable bonds is 0. The van der Waals surface area contributed by atoms with E-state index in [2.05, 4.69) is 46.4 Å². The molecule has 19 heavy (non-hydrogen) atoms. The van der Waals surface area contributed by atoms with Gasteiger partial charge in [0.2, 0.25) is 5.91 Å². The standard InChI is InChI=1S/C16H29NO2/c1-15(2,3)11-9-10-19-13-8-7-12(16(4,5)6)17(13)14(11)18/h11-13H,7-10H2,1-6H3. The molecule has 110 valence electrons. The van der Waals surface area contributed by atoms with E-state index in [4.69, 9.17) is 4.74 Å². The lowest BCUT2D eigenvalue weighted by molar-refractivity contribution is -0.149. The van der Waals surface area contributed by atoms with Crippen LogP contribution in [0.3, 0.4) is 0 Å². The molecular formula is C16H29NO2. The zero-order chi connectivity index (χ0) is 14.4. The Bertz CT molecular complexity index is 351. The van der Waals surface area contributed by atoms with E-state index in [1.54, 1.807) is 0 Å². The fourth-order valence-corrected chi connectivity index (χ4v) is 3.52. The lowest BCUT2D eigenvalue weighted by Gasteiger charge is -2.40. The van der Waals surface area contributed by atoms with Gasteiger partial charge < -0.3 is 9.64 Å². The molecule has 0 aliphatic carbocycles. The fraction of sp³-hybridized carbons (Fsp3) is 0.938. The molecule has 3 nitrogen and oxygen atoms in total. The lowest BCUT2D eigenvalue weighted by Crippen LogP contribution is -2.50. The highest BCUT2D eigenvalue weighted by Gasteiger charge is 2.48. The van der Waals surface area contributed by atoms with Crippen LogP contribution in [0.25, 0.3) is 0 Å². The fourth-order valence-electron chi connectivity index (χ4n) is 3.52. The Morgan fingerprint density at radius 2 is 1.63 bits per heavy atom. The molecule has 0 aromatic carbocycles. The van der Waals surface area contributed by atoms with Crippen LogP contribution in [0.15, 0.2) is 0 Å². The van der Waals surface area contributed by atoms with Crippen molar-refractivity contribution >= 4 is 5.91 Å². The van der Waals surface area contributed by atoms with Gasteiger partial charge in [0.1, 0.15) is 6.23 Å². The van der Waals surface area contributed by atoms with Crippen LogP contribution in [0.4, 0.5) is 0 Å². The van der Waals surface area contributed by atoms with E-state index in [9.17, 15) is 4.79 Å². The highest BCUT2D eigenvalue weighted by Crippen LogP contribution is 2.42. The quantitative estimate of drug-likeness (QED) is 0.673. The van der Waals surface area contributed by atoms with Crippen LogP contribution < -0.4 is 0 Å². The molecule has 2 fully saturated rings. The van der Waals surface area contributed by atoms with Crippen molar-refractivity contribution in [3.8, 4) is 0 Å². The monoisotopic (exact) mass is 267 g/mol. The van der Waals surface area contributed by atoms with Crippen LogP contribution in [0, 0.1) is 16.7 Å². The summed E-state index contributed by atoms with van der Waals surface area (Å²) >= 11 is 0. The Labute approximate surface area is 117 Å². The smallest absolute Gasteiger partial charge is 0.228 e. The molecule has 3 unspecified atom stereocenters. The number of carbonyl (C=O) groups excluding carboxylic acids is 1. The average Bonchev–Trinajstić information content (AvgIpc) is 2.58. The van der Waals surface area contributed by atoms with Gasteiger partial charge in [-0.3, -0.25) is 4.79 Å². The van der Waals surface area contributed by atoms with Gasteiger partial charge in [0, 0.05) is 18.6 Å². The first-order chi connectivity index (χ1) is 8.62.